The van der Waals surface area contributed by atoms with Crippen molar-refractivity contribution in [1.82, 2.24) is 54.4 Å². The number of anilines is 3. The van der Waals surface area contributed by atoms with Crippen LogP contribution < -0.4 is 14.2 Å². The van der Waals surface area contributed by atoms with Crippen molar-refractivity contribution in [2.45, 2.75) is 235 Å². The molecule has 0 saturated heterocycles. The predicted octanol–water partition coefficient (Wildman–Crippen LogP) is 16.1. The van der Waals surface area contributed by atoms with Gasteiger partial charge in [-0.2, -0.15) is 0 Å². The van der Waals surface area contributed by atoms with Gasteiger partial charge in [-0.15, -0.1) is 0 Å². The van der Waals surface area contributed by atoms with Gasteiger partial charge >= 0.3 is 0 Å². The zero-order chi connectivity index (χ0) is 69.0. The number of hydrogen-bond donors (Lipinski definition) is 6. The highest BCUT2D eigenvalue weighted by Gasteiger charge is 2.26. The maximum Gasteiger partial charge on any atom is 0.232 e. The number of imidazole rings is 3. The molecule has 0 fully saturated rings. The van der Waals surface area contributed by atoms with Crippen LogP contribution in [0, 0.1) is 38.5 Å². The van der Waals surface area contributed by atoms with Gasteiger partial charge in [0.25, 0.3) is 0 Å². The average Bonchev–Trinajstić information content (AvgIpc) is 1.85. The molecule has 0 atom stereocenters. The van der Waals surface area contributed by atoms with Crippen molar-refractivity contribution in [3.05, 3.63) is 82.8 Å². The number of hydrogen-bond acceptors (Lipinski definition) is 13. The number of fused-ring (bicyclic) bond motifs is 4. The summed E-state index contributed by atoms with van der Waals surface area (Å²) in [7, 11) is -9.99. The van der Waals surface area contributed by atoms with E-state index in [9.17, 15) is 25.3 Å². The van der Waals surface area contributed by atoms with Gasteiger partial charge in [0, 0.05) is 33.7 Å². The minimum absolute atomic E-state index is 0.0226. The lowest BCUT2D eigenvalue weighted by Gasteiger charge is -2.25. The molecule has 0 saturated carbocycles. The van der Waals surface area contributed by atoms with Crippen molar-refractivity contribution in [2.24, 2.45) is 17.8 Å². The molecule has 89 heavy (non-hydrogen) atoms. The fraction of sp³-hybridized carbons (Fsp3) is 0.621. The summed E-state index contributed by atoms with van der Waals surface area (Å²) in [6.07, 6.45) is 3.41. The van der Waals surface area contributed by atoms with Crippen LogP contribution in [0.3, 0.4) is 0 Å². The summed E-state index contributed by atoms with van der Waals surface area (Å²) in [6.45, 7) is 61.6. The molecule has 7 aromatic heterocycles. The molecule has 8 rings (SSSR count). The first-order chi connectivity index (χ1) is 40.3. The van der Waals surface area contributed by atoms with Crippen molar-refractivity contribution in [3.8, 4) is 0 Å². The van der Waals surface area contributed by atoms with E-state index in [0.717, 1.165) is 62.9 Å². The van der Waals surface area contributed by atoms with Crippen molar-refractivity contribution in [1.29, 1.82) is 0 Å². The lowest BCUT2D eigenvalue weighted by molar-refractivity contribution is 0.400. The summed E-state index contributed by atoms with van der Waals surface area (Å²) in [5.41, 5.74) is 11.8. The number of aryl methyl sites for hydroxylation is 3. The molecule has 0 spiro atoms. The molecule has 6 N–H and O–H groups in total. The zero-order valence-corrected chi connectivity index (χ0v) is 62.1. The maximum absolute atomic E-state index is 11.8. The third kappa shape index (κ3) is 25.5. The van der Waals surface area contributed by atoms with Crippen LogP contribution in [-0.4, -0.2) is 96.9 Å². The third-order valence-electron chi connectivity index (χ3n) is 12.2. The molecule has 0 amide bonds. The Balaban J connectivity index is 0.000000380. The molecule has 0 aliphatic rings. The van der Waals surface area contributed by atoms with Crippen LogP contribution in [0.5, 0.6) is 0 Å². The minimum atomic E-state index is -3.34. The Bertz CT molecular complexity index is 3760. The Hall–Kier alpha value is -6.20. The van der Waals surface area contributed by atoms with E-state index in [0.29, 0.717) is 50.7 Å². The molecule has 0 unspecified atom stereocenters. The topological polar surface area (TPSA) is 281 Å². The van der Waals surface area contributed by atoms with Gasteiger partial charge in [-0.05, 0) is 121 Å². The van der Waals surface area contributed by atoms with E-state index in [1.54, 1.807) is 32.9 Å². The molecule has 0 bridgehead atoms. The SMILES string of the molecule is CC(C)C.CC(C)C.CC(C)C.CCS(=O)(=O)Nc1cc(C(C)(C)C)cc2[nH]c(C)nc12.CCS(=O)(=O)Nc1cc(C(C)(C)C)nc2nc(C)[nH]c12.CCS(=O)(=O)Nc1cc(C(C)(C)C)nc2nc[nH]c12.Cc1cc2ncc(C(C)(C)C)nc2n1C(C)(C)C. The Morgan fingerprint density at radius 2 is 0.888 bits per heavy atom. The second-order valence-electron chi connectivity index (χ2n) is 29.4. The summed E-state index contributed by atoms with van der Waals surface area (Å²) in [5, 5.41) is 0. The summed E-state index contributed by atoms with van der Waals surface area (Å²) in [5.74, 6) is 4.06. The van der Waals surface area contributed by atoms with Gasteiger partial charge in [0.05, 0.1) is 63.2 Å². The molecule has 8 aromatic rings. The smallest absolute Gasteiger partial charge is 0.232 e. The number of H-pyrrole nitrogens is 3. The number of aromatic nitrogens is 11. The Kier molecular flexibility index (Phi) is 27.7. The highest BCUT2D eigenvalue weighted by atomic mass is 32.2. The summed E-state index contributed by atoms with van der Waals surface area (Å²) < 4.78 is 80.8. The normalized spacial score (nSPS) is 12.4. The van der Waals surface area contributed by atoms with E-state index in [-0.39, 0.29) is 44.5 Å². The number of sulfonamides is 3. The number of benzene rings is 1. The van der Waals surface area contributed by atoms with E-state index >= 15 is 0 Å². The molecular formula is C66H112N14O6S3. The van der Waals surface area contributed by atoms with Gasteiger partial charge in [0.1, 0.15) is 33.7 Å². The average molecular weight is 1290 g/mol. The largest absolute Gasteiger partial charge is 0.342 e. The standard InChI is InChI=1S/C15H23N3.C14H21N3O2S.C13H20N4O2S.C12H18N4O2S.3C4H10/c1-10-8-11-13(18(10)15(5,6)7)17-12(9-16-11)14(2,3)4;1-6-20(18,19)17-12-8-10(14(3,4)5)7-11-13(12)16-9(2)15-11;1-6-20(18,19)17-9-7-10(13(3,4)5)16-12-11(9)14-8(2)15-12;1-5-19(17,18)16-8-6-9(12(2,3)4)15-11-10(8)13-7-14-11;3*1-4(2)3/h8-9H,1-7H3;7-8,17H,6H2,1-5H3,(H,15,16);7H,6H2,1-5H3,(H2,14,15,16,17);6-7H,5H2,1-4H3,(H2,13,14,15,16);3*4H,1-3H3. The summed E-state index contributed by atoms with van der Waals surface area (Å²) in [6, 6.07) is 9.54. The highest BCUT2D eigenvalue weighted by Crippen LogP contribution is 2.33. The van der Waals surface area contributed by atoms with Crippen molar-refractivity contribution >= 4 is 91.7 Å². The van der Waals surface area contributed by atoms with Gasteiger partial charge in [-0.3, -0.25) is 19.2 Å². The molecule has 0 radical (unpaired) electrons. The van der Waals surface area contributed by atoms with Gasteiger partial charge < -0.3 is 19.5 Å². The third-order valence-corrected chi connectivity index (χ3v) is 16.0. The van der Waals surface area contributed by atoms with Crippen molar-refractivity contribution < 1.29 is 25.3 Å². The molecule has 23 heteroatoms. The molecule has 1 aromatic carbocycles. The number of nitrogens with one attached hydrogen (secondary N) is 6. The zero-order valence-electron chi connectivity index (χ0n) is 59.6. The van der Waals surface area contributed by atoms with Gasteiger partial charge in [0.2, 0.25) is 30.1 Å². The molecule has 20 nitrogen and oxygen atoms in total. The van der Waals surface area contributed by atoms with Crippen LogP contribution in [0.4, 0.5) is 17.1 Å². The molecular weight excluding hydrogens is 1180 g/mol. The molecule has 0 aliphatic heterocycles. The fourth-order valence-electron chi connectivity index (χ4n) is 7.72. The first-order valence-electron chi connectivity index (χ1n) is 30.9. The van der Waals surface area contributed by atoms with E-state index in [1.807, 2.05) is 73.7 Å². The number of aromatic amines is 3. The summed E-state index contributed by atoms with van der Waals surface area (Å²) >= 11 is 0. The Labute approximate surface area is 535 Å². The molecule has 7 heterocycles. The van der Waals surface area contributed by atoms with Crippen LogP contribution in [0.2, 0.25) is 0 Å². The lowest BCUT2D eigenvalue weighted by Crippen LogP contribution is -2.24. The second-order valence-corrected chi connectivity index (χ2v) is 35.5. The van der Waals surface area contributed by atoms with Gasteiger partial charge in [0.15, 0.2) is 16.9 Å². The van der Waals surface area contributed by atoms with E-state index < -0.39 is 30.1 Å². The van der Waals surface area contributed by atoms with Crippen LogP contribution in [0.1, 0.15) is 227 Å². The van der Waals surface area contributed by atoms with Crippen LogP contribution in [-0.2, 0) is 57.3 Å². The first-order valence-corrected chi connectivity index (χ1v) is 35.8. The van der Waals surface area contributed by atoms with Crippen molar-refractivity contribution in [3.63, 3.8) is 0 Å². The van der Waals surface area contributed by atoms with Crippen LogP contribution in [0.15, 0.2) is 42.9 Å². The monoisotopic (exact) mass is 1290 g/mol. The van der Waals surface area contributed by atoms with E-state index in [4.69, 9.17) is 4.98 Å². The number of pyridine rings is 2. The van der Waals surface area contributed by atoms with Crippen LogP contribution >= 0.6 is 0 Å². The second kappa shape index (κ2) is 31.2. The Morgan fingerprint density at radius 3 is 1.30 bits per heavy atom. The maximum atomic E-state index is 11.8. The molecule has 0 aliphatic carbocycles. The van der Waals surface area contributed by atoms with Crippen LogP contribution in [0.25, 0.3) is 44.5 Å². The Morgan fingerprint density at radius 1 is 0.472 bits per heavy atom. The van der Waals surface area contributed by atoms with E-state index in [1.165, 1.54) is 12.0 Å². The number of nitrogens with zero attached hydrogens (tertiary/aromatic N) is 8. The lowest BCUT2D eigenvalue weighted by atomic mass is 9.86. The predicted molar refractivity (Wildman–Crippen MR) is 376 cm³/mol. The highest BCUT2D eigenvalue weighted by molar-refractivity contribution is 7.93. The molecule has 500 valence electrons. The summed E-state index contributed by atoms with van der Waals surface area (Å²) in [4.78, 5) is 40.3. The quantitative estimate of drug-likeness (QED) is 0.0785. The first kappa shape index (κ1) is 78.9. The van der Waals surface area contributed by atoms with Gasteiger partial charge in [-0.1, -0.05) is 145 Å². The number of rotatable bonds is 9. The fourth-order valence-corrected chi connectivity index (χ4v) is 9.64. The van der Waals surface area contributed by atoms with E-state index in [2.05, 4.69) is 201 Å². The van der Waals surface area contributed by atoms with Gasteiger partial charge in [-0.25, -0.2) is 55.2 Å². The minimum Gasteiger partial charge on any atom is -0.342 e. The van der Waals surface area contributed by atoms with Crippen molar-refractivity contribution in [2.75, 3.05) is 31.4 Å².